The molecule has 3 atom stereocenters. The molecule has 4 heterocycles. The van der Waals surface area contributed by atoms with Crippen molar-refractivity contribution < 1.29 is 31.1 Å². The van der Waals surface area contributed by atoms with Gasteiger partial charge in [0.2, 0.25) is 15.9 Å². The van der Waals surface area contributed by atoms with E-state index < -0.39 is 21.8 Å². The number of fused-ring (bicyclic) bond motifs is 2. The van der Waals surface area contributed by atoms with Gasteiger partial charge in [0.1, 0.15) is 17.1 Å². The van der Waals surface area contributed by atoms with E-state index in [1.807, 2.05) is 6.07 Å². The van der Waals surface area contributed by atoms with Crippen molar-refractivity contribution in [1.82, 2.24) is 29.8 Å². The number of carbonyl (C=O) groups excluding carboxylic acids is 1. The number of hydrogen-bond donors (Lipinski definition) is 2. The number of carbonyl (C=O) groups is 1. The minimum absolute atomic E-state index is 0.0143. The molecule has 0 radical (unpaired) electrons. The van der Waals surface area contributed by atoms with Crippen molar-refractivity contribution in [2.75, 3.05) is 6.54 Å². The van der Waals surface area contributed by atoms with Crippen LogP contribution in [-0.2, 0) is 16.2 Å². The lowest BCUT2D eigenvalue weighted by atomic mass is 10.0. The molecule has 1 aliphatic carbocycles. The van der Waals surface area contributed by atoms with E-state index in [4.69, 9.17) is 4.74 Å². The van der Waals surface area contributed by atoms with Crippen LogP contribution < -0.4 is 9.46 Å². The zero-order valence-corrected chi connectivity index (χ0v) is 22.1. The number of H-pyrrole nitrogens is 1. The van der Waals surface area contributed by atoms with Crippen molar-refractivity contribution in [3.8, 4) is 23.0 Å². The van der Waals surface area contributed by atoms with Gasteiger partial charge in [-0.25, -0.2) is 18.1 Å². The van der Waals surface area contributed by atoms with Crippen LogP contribution in [0.2, 0.25) is 0 Å². The molecule has 10 nitrogen and oxygen atoms in total. The van der Waals surface area contributed by atoms with Crippen molar-refractivity contribution in [3.05, 3.63) is 84.3 Å². The number of sulfonamides is 1. The molecule has 6 rings (SSSR count). The largest absolute Gasteiger partial charge is 0.439 e. The summed E-state index contributed by atoms with van der Waals surface area (Å²) in [6.07, 6.45) is -1.03. The summed E-state index contributed by atoms with van der Waals surface area (Å²) >= 11 is 0. The fourth-order valence-corrected chi connectivity index (χ4v) is 6.58. The Hall–Kier alpha value is -4.30. The third-order valence-electron chi connectivity index (χ3n) is 7.26. The molecule has 212 valence electrons. The van der Waals surface area contributed by atoms with Crippen molar-refractivity contribution in [1.29, 1.82) is 0 Å². The summed E-state index contributed by atoms with van der Waals surface area (Å²) in [5, 5.41) is 6.99. The smallest absolute Gasteiger partial charge is 0.417 e. The van der Waals surface area contributed by atoms with Gasteiger partial charge in [0, 0.05) is 37.1 Å². The molecule has 2 N–H and O–H groups in total. The number of ether oxygens (including phenoxy) is 1. The lowest BCUT2D eigenvalue weighted by Gasteiger charge is -2.31. The van der Waals surface area contributed by atoms with Gasteiger partial charge in [-0.2, -0.15) is 18.3 Å². The number of aromatic amines is 1. The van der Waals surface area contributed by atoms with Crippen LogP contribution in [0.3, 0.4) is 0 Å². The fraction of sp³-hybridized carbons (Fsp3) is 0.259. The molecule has 2 fully saturated rings. The fourth-order valence-electron chi connectivity index (χ4n) is 5.26. The number of rotatable bonds is 7. The number of alkyl halides is 3. The van der Waals surface area contributed by atoms with E-state index >= 15 is 0 Å². The second-order valence-corrected chi connectivity index (χ2v) is 11.6. The van der Waals surface area contributed by atoms with E-state index in [1.165, 1.54) is 24.3 Å². The standard InChI is InChI=1S/C27H23F3N6O4S/c28-27(29,30)17-4-9-25(32-14-17)40-19-5-7-20(8-6-19)41(38,39)35-22-12-18-11-16(22)15-36(18)26(37)24-13-23(33-34-24)21-3-1-2-10-31-21/h1-10,13-14,16,18,22,35H,11-12,15H2,(H,33,34)/t16-,18-,22-/m0/s1. The number of piperidine rings is 1. The van der Waals surface area contributed by atoms with Crippen LogP contribution in [0, 0.1) is 5.92 Å². The van der Waals surface area contributed by atoms with Crippen LogP contribution in [0.1, 0.15) is 28.9 Å². The molecule has 14 heteroatoms. The Balaban J connectivity index is 1.06. The quantitative estimate of drug-likeness (QED) is 0.332. The maximum absolute atomic E-state index is 13.1. The number of aromatic nitrogens is 4. The van der Waals surface area contributed by atoms with Crippen LogP contribution in [0.25, 0.3) is 11.4 Å². The van der Waals surface area contributed by atoms with Gasteiger partial charge in [-0.15, -0.1) is 0 Å². The monoisotopic (exact) mass is 584 g/mol. The van der Waals surface area contributed by atoms with E-state index in [9.17, 15) is 26.4 Å². The summed E-state index contributed by atoms with van der Waals surface area (Å²) in [6.45, 7) is 0.418. The number of nitrogens with zero attached hydrogens (tertiary/aromatic N) is 4. The highest BCUT2D eigenvalue weighted by Crippen LogP contribution is 2.39. The van der Waals surface area contributed by atoms with Gasteiger partial charge in [-0.1, -0.05) is 6.07 Å². The first-order valence-electron chi connectivity index (χ1n) is 12.7. The van der Waals surface area contributed by atoms with Crippen molar-refractivity contribution in [2.24, 2.45) is 5.92 Å². The van der Waals surface area contributed by atoms with Gasteiger partial charge in [0.05, 0.1) is 16.2 Å². The van der Waals surface area contributed by atoms with E-state index in [2.05, 4.69) is 24.9 Å². The highest BCUT2D eigenvalue weighted by molar-refractivity contribution is 7.89. The average Bonchev–Trinajstić information content (AvgIpc) is 3.70. The molecule has 0 unspecified atom stereocenters. The number of halogens is 3. The summed E-state index contributed by atoms with van der Waals surface area (Å²) < 4.78 is 72.5. The van der Waals surface area contributed by atoms with Gasteiger partial charge in [-0.05, 0) is 67.3 Å². The highest BCUT2D eigenvalue weighted by Gasteiger charge is 2.48. The Morgan fingerprint density at radius 3 is 2.46 bits per heavy atom. The maximum atomic E-state index is 13.1. The van der Waals surface area contributed by atoms with Crippen molar-refractivity contribution in [3.63, 3.8) is 0 Å². The summed E-state index contributed by atoms with van der Waals surface area (Å²) in [5.74, 6) is -0.0666. The second-order valence-electron chi connectivity index (χ2n) is 9.91. The summed E-state index contributed by atoms with van der Waals surface area (Å²) in [5.41, 5.74) is 0.665. The van der Waals surface area contributed by atoms with Gasteiger partial charge in [0.15, 0.2) is 0 Å². The molecule has 3 aromatic heterocycles. The molecule has 2 bridgehead atoms. The predicted octanol–water partition coefficient (Wildman–Crippen LogP) is 4.26. The number of benzene rings is 1. The van der Waals surface area contributed by atoms with E-state index in [-0.39, 0.29) is 40.4 Å². The van der Waals surface area contributed by atoms with Crippen molar-refractivity contribution in [2.45, 2.75) is 36.0 Å². The first kappa shape index (κ1) is 26.9. The highest BCUT2D eigenvalue weighted by atomic mass is 32.2. The summed E-state index contributed by atoms with van der Waals surface area (Å²) in [7, 11) is -3.87. The first-order valence-corrected chi connectivity index (χ1v) is 14.2. The minimum atomic E-state index is -4.51. The van der Waals surface area contributed by atoms with E-state index in [0.717, 1.165) is 12.1 Å². The number of likely N-dealkylation sites (tertiary alicyclic amines) is 1. The number of hydrogen-bond acceptors (Lipinski definition) is 7. The Morgan fingerprint density at radius 2 is 1.83 bits per heavy atom. The summed E-state index contributed by atoms with van der Waals surface area (Å²) in [4.78, 5) is 22.8. The van der Waals surface area contributed by atoms with E-state index in [0.29, 0.717) is 42.7 Å². The molecule has 2 aliphatic rings. The molecule has 1 aliphatic heterocycles. The SMILES string of the molecule is O=C(c1cc(-c2ccccn2)n[nH]1)N1C[C@@H]2C[C@H]1C[C@@H]2NS(=O)(=O)c1ccc(Oc2ccc(C(F)(F)F)cn2)cc1. The normalized spacial score (nSPS) is 20.4. The third-order valence-corrected chi connectivity index (χ3v) is 8.77. The van der Waals surface area contributed by atoms with Gasteiger partial charge < -0.3 is 9.64 Å². The van der Waals surface area contributed by atoms with Gasteiger partial charge in [0.25, 0.3) is 5.91 Å². The van der Waals surface area contributed by atoms with Gasteiger partial charge in [-0.3, -0.25) is 14.9 Å². The van der Waals surface area contributed by atoms with Crippen LogP contribution in [0.4, 0.5) is 13.2 Å². The number of pyridine rings is 2. The topological polar surface area (TPSA) is 130 Å². The second kappa shape index (κ2) is 10.3. The Kier molecular flexibility index (Phi) is 6.74. The predicted molar refractivity (Wildman–Crippen MR) is 139 cm³/mol. The first-order chi connectivity index (χ1) is 19.6. The lowest BCUT2D eigenvalue weighted by molar-refractivity contribution is -0.137. The molecular formula is C27H23F3N6O4S. The molecule has 1 saturated carbocycles. The average molecular weight is 585 g/mol. The number of nitrogens with one attached hydrogen (secondary N) is 2. The van der Waals surface area contributed by atoms with Crippen LogP contribution >= 0.6 is 0 Å². The van der Waals surface area contributed by atoms with Crippen LogP contribution in [-0.4, -0.2) is 58.0 Å². The van der Waals surface area contributed by atoms with Crippen molar-refractivity contribution >= 4 is 15.9 Å². The molecule has 1 saturated heterocycles. The zero-order chi connectivity index (χ0) is 28.8. The van der Waals surface area contributed by atoms with Crippen LogP contribution in [0.15, 0.2) is 78.0 Å². The molecule has 41 heavy (non-hydrogen) atoms. The van der Waals surface area contributed by atoms with Crippen LogP contribution in [0.5, 0.6) is 11.6 Å². The minimum Gasteiger partial charge on any atom is -0.439 e. The summed E-state index contributed by atoms with van der Waals surface area (Å²) in [6, 6.07) is 14.1. The molecule has 4 aromatic rings. The third kappa shape index (κ3) is 5.52. The molecule has 0 spiro atoms. The molecular weight excluding hydrogens is 561 g/mol. The Morgan fingerprint density at radius 1 is 1.02 bits per heavy atom. The van der Waals surface area contributed by atoms with Gasteiger partial charge >= 0.3 is 6.18 Å². The lowest BCUT2D eigenvalue weighted by Crippen LogP contribution is -2.47. The Bertz CT molecular complexity index is 1660. The maximum Gasteiger partial charge on any atom is 0.417 e. The van der Waals surface area contributed by atoms with E-state index in [1.54, 1.807) is 29.3 Å². The molecule has 1 aromatic carbocycles. The Labute approximate surface area is 232 Å². The molecule has 1 amide bonds. The zero-order valence-electron chi connectivity index (χ0n) is 21.2. The number of amides is 1.